The summed E-state index contributed by atoms with van der Waals surface area (Å²) in [5.41, 5.74) is 8.10. The van der Waals surface area contributed by atoms with Gasteiger partial charge in [0.2, 0.25) is 47.3 Å². The molecule has 2 saturated heterocycles. The van der Waals surface area contributed by atoms with E-state index in [1.165, 1.54) is 0 Å². The number of nitrogen functional groups attached to an aromatic ring is 1. The van der Waals surface area contributed by atoms with Crippen molar-refractivity contribution in [2.75, 3.05) is 128 Å². The van der Waals surface area contributed by atoms with Crippen LogP contribution in [0.1, 0.15) is 121 Å². The number of unbranched alkanes of at least 4 members (excludes halogenated alkanes) is 3. The van der Waals surface area contributed by atoms with Gasteiger partial charge in [-0.15, -0.1) is 16.9 Å². The molecule has 2 fully saturated rings. The van der Waals surface area contributed by atoms with Crippen molar-refractivity contribution >= 4 is 152 Å². The number of aromatic hydroxyl groups is 1. The molecule has 2 aliphatic rings. The number of carboxylic acid groups (broad SMARTS) is 5. The van der Waals surface area contributed by atoms with Gasteiger partial charge in [-0.25, -0.2) is 4.67 Å². The number of azo groups is 1. The first kappa shape index (κ1) is 102. The van der Waals surface area contributed by atoms with Crippen LogP contribution in [-0.2, 0) is 87.3 Å². The molecular weight excluding hydrogens is 1690 g/mol. The van der Waals surface area contributed by atoms with Crippen molar-refractivity contribution in [3.05, 3.63) is 65.7 Å². The number of phenolic OH excluding ortho intramolecular Hbond substituents is 1. The summed E-state index contributed by atoms with van der Waals surface area (Å²) in [5, 5.41) is 82.3. The van der Waals surface area contributed by atoms with E-state index in [-0.39, 0.29) is 202 Å². The van der Waals surface area contributed by atoms with Crippen LogP contribution in [-0.4, -0.2) is 314 Å². The van der Waals surface area contributed by atoms with E-state index < -0.39 is 146 Å². The first-order valence-electron chi connectivity index (χ1n) is 39.7. The van der Waals surface area contributed by atoms with Crippen LogP contribution in [0.4, 0.5) is 22.7 Å². The highest BCUT2D eigenvalue weighted by atomic mass is 32.2. The third-order valence-electron chi connectivity index (χ3n) is 20.1. The molecule has 2 heterocycles. The fraction of sp³-hybridized carbons (Fsp3) is 0.545. The molecule has 123 heavy (non-hydrogen) atoms. The predicted octanol–water partition coefficient (Wildman–Crippen LogP) is 3.10. The zero-order chi connectivity index (χ0) is 90.8. The molecule has 42 nitrogen and oxygen atoms in total. The molecule has 0 spiro atoms. The monoisotopic (exact) mass is 1800 g/mol. The lowest BCUT2D eigenvalue weighted by Gasteiger charge is -2.33. The molecule has 2 aliphatic heterocycles. The Labute approximate surface area is 716 Å². The number of aliphatic carboxylic acids is 5. The fourth-order valence-electron chi connectivity index (χ4n) is 13.5. The van der Waals surface area contributed by atoms with Gasteiger partial charge in [-0.05, 0) is 144 Å². The predicted molar refractivity (Wildman–Crippen MR) is 450 cm³/mol. The van der Waals surface area contributed by atoms with Gasteiger partial charge in [0.25, 0.3) is 20.2 Å². The Morgan fingerprint density at radius 1 is 0.585 bits per heavy atom. The second kappa shape index (κ2) is 50.1. The number of thioether (sulfide) groups is 1. The number of carbonyl (C=O) groups excluding carboxylic acids is 8. The quantitative estimate of drug-likeness (QED) is 0.00574. The first-order valence-corrected chi connectivity index (χ1v) is 44.5. The number of ether oxygens (including phenoxy) is 1. The van der Waals surface area contributed by atoms with Gasteiger partial charge >= 0.3 is 29.8 Å². The van der Waals surface area contributed by atoms with Crippen LogP contribution in [0.25, 0.3) is 21.9 Å². The minimum atomic E-state index is -5.17. The van der Waals surface area contributed by atoms with Crippen LogP contribution in [0.3, 0.4) is 0 Å². The molecule has 8 amide bonds. The summed E-state index contributed by atoms with van der Waals surface area (Å²) in [6.07, 6.45) is 3.04. The van der Waals surface area contributed by atoms with E-state index >= 15 is 0 Å². The lowest BCUT2D eigenvalue weighted by molar-refractivity contribution is -0.145. The van der Waals surface area contributed by atoms with Crippen molar-refractivity contribution in [2.45, 2.75) is 163 Å². The van der Waals surface area contributed by atoms with Crippen LogP contribution in [0.15, 0.2) is 74.6 Å². The van der Waals surface area contributed by atoms with Gasteiger partial charge in [-0.2, -0.15) is 21.9 Å². The van der Waals surface area contributed by atoms with Crippen molar-refractivity contribution in [2.24, 2.45) is 10.2 Å². The van der Waals surface area contributed by atoms with E-state index in [1.807, 2.05) is 6.92 Å². The summed E-state index contributed by atoms with van der Waals surface area (Å²) >= 11 is 0.994. The summed E-state index contributed by atoms with van der Waals surface area (Å²) in [6.45, 7) is 6.62. The minimum Gasteiger partial charge on any atom is -0.505 e. The van der Waals surface area contributed by atoms with Crippen LogP contribution in [0.2, 0.25) is 0 Å². The van der Waals surface area contributed by atoms with Crippen molar-refractivity contribution in [1.82, 2.24) is 55.8 Å². The Morgan fingerprint density at radius 2 is 1.12 bits per heavy atom. The summed E-state index contributed by atoms with van der Waals surface area (Å²) in [6, 6.07) is 9.96. The molecule has 6 atom stereocenters. The third kappa shape index (κ3) is 34.9. The Hall–Kier alpha value is -10.0. The van der Waals surface area contributed by atoms with Gasteiger partial charge in [-0.3, -0.25) is 95.9 Å². The Bertz CT molecular complexity index is 4670. The molecule has 0 bridgehead atoms. The number of likely N-dealkylation sites (tertiary alicyclic amines) is 1. The molecule has 17 N–H and O–H groups in total. The molecule has 4 aromatic rings. The van der Waals surface area contributed by atoms with Crippen molar-refractivity contribution in [3.63, 3.8) is 0 Å². The number of benzene rings is 4. The number of hydrogen-bond donors (Lipinski definition) is 16. The summed E-state index contributed by atoms with van der Waals surface area (Å²) in [5.74, 6) is -10.4. The number of imide groups is 1. The van der Waals surface area contributed by atoms with Crippen LogP contribution < -0.4 is 37.6 Å². The number of nitrogens with one attached hydrogen (secondary N) is 6. The van der Waals surface area contributed by atoms with Crippen LogP contribution in [0, 0.1) is 13.8 Å². The van der Waals surface area contributed by atoms with Crippen LogP contribution >= 0.6 is 20.7 Å². The topological polar surface area (TPSA) is 624 Å². The van der Waals surface area contributed by atoms with E-state index in [9.17, 15) is 119 Å². The second-order valence-corrected chi connectivity index (χ2v) is 34.6. The third-order valence-corrected chi connectivity index (χ3v) is 23.8. The molecule has 0 saturated carbocycles. The number of fused-ring (bicyclic) bond motifs is 1. The van der Waals surface area contributed by atoms with Gasteiger partial charge in [0.1, 0.15) is 34.3 Å². The smallest absolute Gasteiger partial charge is 0.321 e. The van der Waals surface area contributed by atoms with Crippen molar-refractivity contribution < 1.29 is 129 Å². The van der Waals surface area contributed by atoms with E-state index in [0.717, 1.165) is 33.5 Å². The highest BCUT2D eigenvalue weighted by Crippen LogP contribution is 2.44. The van der Waals surface area contributed by atoms with E-state index in [1.54, 1.807) is 76.8 Å². The van der Waals surface area contributed by atoms with Gasteiger partial charge in [-0.1, -0.05) is 24.6 Å². The normalized spacial score (nSPS) is 16.1. The zero-order valence-corrected chi connectivity index (χ0v) is 72.1. The van der Waals surface area contributed by atoms with E-state index in [0.29, 0.717) is 79.1 Å². The Balaban J connectivity index is 0.979. The van der Waals surface area contributed by atoms with Crippen LogP contribution in [0.5, 0.6) is 5.75 Å². The van der Waals surface area contributed by atoms with Gasteiger partial charge in [0.15, 0.2) is 5.75 Å². The molecular formula is C77H110N15O27PS3. The number of nitrogens with zero attached hydrogens (tertiary/aromatic N) is 8. The number of anilines is 2. The molecule has 678 valence electrons. The molecule has 4 aromatic carbocycles. The number of carboxylic acids is 5. The number of phenols is 1. The first-order chi connectivity index (χ1) is 58.1. The maximum absolute atomic E-state index is 14.5. The standard InChI is InChI=1S/C77H110N15O27PS3/c1-47-37-51(52-16-19-55(48(2)38-52)85-86-56-20-17-53-60(122(113,114)115)40-61(123(116,117)118)73(78)72(53)74(56)107)15-18-54(47)84-75(108)57(83-65(96)41-87-28-30-88(42-69(101)102)32-34-90(44-71(105)106)35-33-89(31-29-87)43-70(103)104)12-7-9-26-79-62(93)24-27-91-67(98)39-59(76(91)109)121-45-66(97)80-25-8-5-6-13-63(94)82-50(4)14-22-64(95)81-49(3)11-10-36-119-46-92(120-112)58(77(110)111)21-23-68(99)100/h15-20,37-38,40,49-50,57-59,107,112,120H,5-14,21-36,39,41-46,78H2,1-4H3,(H,79,93)(H,80,97)(H,81,95)(H,82,94)(H,83,96)(H,84,108)(H,99,100)(H,101,102)(H,103,104)(H,105,106)(H,110,111)(H,113,114,115)(H,116,117,118)/b86-85-/t49-,50?,57-,58?,59?/m1/s1. The Morgan fingerprint density at radius 3 is 1.67 bits per heavy atom. The van der Waals surface area contributed by atoms with E-state index in [2.05, 4.69) is 42.1 Å². The zero-order valence-electron chi connectivity index (χ0n) is 68.7. The molecule has 46 heteroatoms. The molecule has 4 unspecified atom stereocenters. The maximum Gasteiger partial charge on any atom is 0.321 e. The number of hydrogen-bond acceptors (Lipinski definition) is 29. The summed E-state index contributed by atoms with van der Waals surface area (Å²) < 4.78 is 75.0. The summed E-state index contributed by atoms with van der Waals surface area (Å²) in [7, 11) is -11.2. The largest absolute Gasteiger partial charge is 0.505 e. The number of nitrogens with two attached hydrogens (primary N) is 1. The van der Waals surface area contributed by atoms with Crippen molar-refractivity contribution in [3.8, 4) is 16.9 Å². The van der Waals surface area contributed by atoms with Gasteiger partial charge < -0.3 is 77.9 Å². The highest BCUT2D eigenvalue weighted by Gasteiger charge is 2.39. The lowest BCUT2D eigenvalue weighted by Crippen LogP contribution is -2.51. The molecule has 0 aromatic heterocycles. The van der Waals surface area contributed by atoms with Gasteiger partial charge in [0.05, 0.1) is 62.9 Å². The average Bonchev–Trinajstić information content (AvgIpc) is 1.28. The van der Waals surface area contributed by atoms with Crippen molar-refractivity contribution in [1.29, 1.82) is 0 Å². The SMILES string of the molecule is Cc1cc(-c2ccc(NC(=O)[C@@H](CCCCNC(=O)CCN3C(=O)CC(SCC(=O)NCCCCCC(=O)NC(C)CCC(=O)N[C@H](C)CCCOCN(PO)C(CCC(=O)O)C(=O)O)C3=O)NC(=O)CN3CCN(CC(=O)O)CCN(CC(=O)O)CCN(CC(=O)O)CC3)c(C)c2)ccc1/N=N\c1ccc2c(S(=O)(=O)O)cc(S(=O)(=O)O)c(N)c2c1O. The van der Waals surface area contributed by atoms with E-state index in [4.69, 9.17) is 15.6 Å². The second-order valence-electron chi connectivity index (χ2n) is 29.9. The Kier molecular flexibility index (Phi) is 41.4. The minimum absolute atomic E-state index is 0.0312. The average molecular weight is 1800 g/mol. The molecule has 6 rings (SSSR count). The number of aryl methyl sites for hydroxylation is 2. The number of amides is 8. The summed E-state index contributed by atoms with van der Waals surface area (Å²) in [4.78, 5) is 180. The molecule has 0 radical (unpaired) electrons. The van der Waals surface area contributed by atoms with Gasteiger partial charge in [0, 0.05) is 134 Å². The maximum atomic E-state index is 14.5. The fourth-order valence-corrected chi connectivity index (χ4v) is 16.4. The number of carbonyl (C=O) groups is 13. The molecule has 0 aliphatic carbocycles. The lowest BCUT2D eigenvalue weighted by atomic mass is 10.00. The highest BCUT2D eigenvalue weighted by molar-refractivity contribution is 8.01. The number of rotatable bonds is 50.